The predicted molar refractivity (Wildman–Crippen MR) is 97.7 cm³/mol. The molecule has 0 aromatic carbocycles. The lowest BCUT2D eigenvalue weighted by Gasteiger charge is -2.48. The van der Waals surface area contributed by atoms with Gasteiger partial charge in [-0.25, -0.2) is 0 Å². The van der Waals surface area contributed by atoms with Gasteiger partial charge in [0.25, 0.3) is 5.91 Å². The fourth-order valence-electron chi connectivity index (χ4n) is 4.24. The number of ether oxygens (including phenoxy) is 1. The molecule has 2 amide bonds. The standard InChI is InChI=1S/C20H30N2O4/c1-3-4-11-21-14-20(10-8-18(21)23)9-5-12-22(15-20)19(24)17-7-6-16(26-17)13-25-2/h6-7H,3-5,8-15H2,1-2H3/t20-/m0/s1. The molecule has 2 aliphatic heterocycles. The van der Waals surface area contributed by atoms with Crippen LogP contribution < -0.4 is 0 Å². The summed E-state index contributed by atoms with van der Waals surface area (Å²) >= 11 is 0. The van der Waals surface area contributed by atoms with Crippen molar-refractivity contribution in [3.8, 4) is 0 Å². The van der Waals surface area contributed by atoms with Crippen molar-refractivity contribution < 1.29 is 18.7 Å². The second-order valence-electron chi connectivity index (χ2n) is 7.70. The Morgan fingerprint density at radius 2 is 2.15 bits per heavy atom. The quantitative estimate of drug-likeness (QED) is 0.780. The number of carbonyl (C=O) groups is 2. The smallest absolute Gasteiger partial charge is 0.289 e. The summed E-state index contributed by atoms with van der Waals surface area (Å²) in [6.45, 7) is 5.59. The van der Waals surface area contributed by atoms with Crippen LogP contribution in [0.1, 0.15) is 61.8 Å². The van der Waals surface area contributed by atoms with Gasteiger partial charge in [0.1, 0.15) is 12.4 Å². The second-order valence-corrected chi connectivity index (χ2v) is 7.70. The highest BCUT2D eigenvalue weighted by Crippen LogP contribution is 2.39. The van der Waals surface area contributed by atoms with Gasteiger partial charge >= 0.3 is 0 Å². The van der Waals surface area contributed by atoms with Gasteiger partial charge in [0.15, 0.2) is 5.76 Å². The first-order chi connectivity index (χ1) is 12.6. The van der Waals surface area contributed by atoms with E-state index >= 15 is 0 Å². The molecule has 6 heteroatoms. The highest BCUT2D eigenvalue weighted by Gasteiger charge is 2.42. The van der Waals surface area contributed by atoms with Crippen LogP contribution in [0.25, 0.3) is 0 Å². The van der Waals surface area contributed by atoms with Gasteiger partial charge in [-0.1, -0.05) is 13.3 Å². The van der Waals surface area contributed by atoms with Crippen LogP contribution in [-0.4, -0.2) is 54.9 Å². The Bertz CT molecular complexity index is 642. The number of furan rings is 1. The molecule has 1 spiro atoms. The summed E-state index contributed by atoms with van der Waals surface area (Å²) in [6.07, 6.45) is 5.67. The number of methoxy groups -OCH3 is 1. The van der Waals surface area contributed by atoms with E-state index in [1.54, 1.807) is 19.2 Å². The van der Waals surface area contributed by atoms with Crippen LogP contribution in [-0.2, 0) is 16.1 Å². The molecule has 1 aromatic rings. The molecule has 26 heavy (non-hydrogen) atoms. The van der Waals surface area contributed by atoms with Gasteiger partial charge < -0.3 is 19.0 Å². The first-order valence-corrected chi connectivity index (χ1v) is 9.71. The molecule has 144 valence electrons. The summed E-state index contributed by atoms with van der Waals surface area (Å²) in [6, 6.07) is 3.53. The summed E-state index contributed by atoms with van der Waals surface area (Å²) in [7, 11) is 1.60. The molecule has 0 aliphatic carbocycles. The van der Waals surface area contributed by atoms with E-state index in [2.05, 4.69) is 6.92 Å². The van der Waals surface area contributed by atoms with E-state index in [1.165, 1.54) is 0 Å². The summed E-state index contributed by atoms with van der Waals surface area (Å²) in [5.41, 5.74) is 0.0392. The van der Waals surface area contributed by atoms with Crippen molar-refractivity contribution in [1.29, 1.82) is 0 Å². The van der Waals surface area contributed by atoms with E-state index < -0.39 is 0 Å². The first-order valence-electron chi connectivity index (χ1n) is 9.71. The SMILES string of the molecule is CCCCN1C[C@]2(CCCN(C(=O)c3ccc(COC)o3)C2)CCC1=O. The lowest BCUT2D eigenvalue weighted by Crippen LogP contribution is -2.55. The monoisotopic (exact) mass is 362 g/mol. The zero-order valence-electron chi connectivity index (χ0n) is 16.0. The third kappa shape index (κ3) is 4.11. The zero-order valence-corrected chi connectivity index (χ0v) is 16.0. The zero-order chi connectivity index (χ0) is 18.6. The summed E-state index contributed by atoms with van der Waals surface area (Å²) in [5.74, 6) is 1.26. The van der Waals surface area contributed by atoms with Gasteiger partial charge in [0.2, 0.25) is 5.91 Å². The van der Waals surface area contributed by atoms with Crippen molar-refractivity contribution in [2.45, 2.75) is 52.1 Å². The Kier molecular flexibility index (Phi) is 6.01. The molecule has 0 bridgehead atoms. The minimum atomic E-state index is -0.0524. The van der Waals surface area contributed by atoms with Crippen LogP contribution in [0.3, 0.4) is 0 Å². The molecule has 0 unspecified atom stereocenters. The molecule has 3 rings (SSSR count). The van der Waals surface area contributed by atoms with E-state index in [-0.39, 0.29) is 17.2 Å². The number of carbonyl (C=O) groups excluding carboxylic acids is 2. The van der Waals surface area contributed by atoms with E-state index in [4.69, 9.17) is 9.15 Å². The van der Waals surface area contributed by atoms with Gasteiger partial charge in [-0.05, 0) is 37.8 Å². The van der Waals surface area contributed by atoms with Crippen LogP contribution >= 0.6 is 0 Å². The summed E-state index contributed by atoms with van der Waals surface area (Å²) in [5, 5.41) is 0. The molecular weight excluding hydrogens is 332 g/mol. The molecule has 2 saturated heterocycles. The minimum absolute atomic E-state index is 0.0392. The van der Waals surface area contributed by atoms with Crippen molar-refractivity contribution in [1.82, 2.24) is 9.80 Å². The normalized spacial score (nSPS) is 23.7. The van der Waals surface area contributed by atoms with Crippen molar-refractivity contribution in [3.63, 3.8) is 0 Å². The van der Waals surface area contributed by atoms with E-state index in [9.17, 15) is 9.59 Å². The first kappa shape index (κ1) is 19.0. The number of hydrogen-bond acceptors (Lipinski definition) is 4. The number of likely N-dealkylation sites (tertiary alicyclic amines) is 2. The molecule has 3 heterocycles. The van der Waals surface area contributed by atoms with E-state index in [0.717, 1.165) is 51.7 Å². The molecule has 6 nitrogen and oxygen atoms in total. The Labute approximate surface area is 155 Å². The fourth-order valence-corrected chi connectivity index (χ4v) is 4.24. The highest BCUT2D eigenvalue weighted by atomic mass is 16.5. The third-order valence-corrected chi connectivity index (χ3v) is 5.64. The van der Waals surface area contributed by atoms with Crippen molar-refractivity contribution >= 4 is 11.8 Å². The van der Waals surface area contributed by atoms with Crippen molar-refractivity contribution in [3.05, 3.63) is 23.7 Å². The molecule has 0 radical (unpaired) electrons. The van der Waals surface area contributed by atoms with Crippen LogP contribution in [0.15, 0.2) is 16.5 Å². The average molecular weight is 362 g/mol. The van der Waals surface area contributed by atoms with Crippen LogP contribution in [0.4, 0.5) is 0 Å². The van der Waals surface area contributed by atoms with E-state index in [0.29, 0.717) is 31.1 Å². The van der Waals surface area contributed by atoms with Crippen LogP contribution in [0.2, 0.25) is 0 Å². The molecule has 0 N–H and O–H groups in total. The molecule has 0 saturated carbocycles. The van der Waals surface area contributed by atoms with Gasteiger partial charge in [-0.3, -0.25) is 9.59 Å². The number of piperidine rings is 2. The minimum Gasteiger partial charge on any atom is -0.453 e. The maximum Gasteiger partial charge on any atom is 0.289 e. The Morgan fingerprint density at radius 1 is 1.31 bits per heavy atom. The summed E-state index contributed by atoms with van der Waals surface area (Å²) in [4.78, 5) is 29.0. The van der Waals surface area contributed by atoms with Crippen molar-refractivity contribution in [2.75, 3.05) is 33.3 Å². The number of rotatable bonds is 6. The maximum absolute atomic E-state index is 12.9. The lowest BCUT2D eigenvalue weighted by atomic mass is 9.73. The van der Waals surface area contributed by atoms with Gasteiger partial charge in [-0.2, -0.15) is 0 Å². The van der Waals surface area contributed by atoms with Gasteiger partial charge in [-0.15, -0.1) is 0 Å². The van der Waals surface area contributed by atoms with Crippen LogP contribution in [0.5, 0.6) is 0 Å². The highest BCUT2D eigenvalue weighted by molar-refractivity contribution is 5.91. The second kappa shape index (κ2) is 8.25. The number of unbranched alkanes of at least 4 members (excludes halogenated alkanes) is 1. The predicted octanol–water partition coefficient (Wildman–Crippen LogP) is 3.07. The largest absolute Gasteiger partial charge is 0.453 e. The maximum atomic E-state index is 12.9. The Morgan fingerprint density at radius 3 is 2.92 bits per heavy atom. The van der Waals surface area contributed by atoms with Gasteiger partial charge in [0.05, 0.1) is 0 Å². The molecule has 2 fully saturated rings. The molecule has 1 atom stereocenters. The summed E-state index contributed by atoms with van der Waals surface area (Å²) < 4.78 is 10.7. The number of amides is 2. The molecular formula is C20H30N2O4. The molecule has 1 aromatic heterocycles. The Balaban J connectivity index is 1.67. The van der Waals surface area contributed by atoms with Crippen LogP contribution in [0, 0.1) is 5.41 Å². The number of hydrogen-bond donors (Lipinski definition) is 0. The average Bonchev–Trinajstić information content (AvgIpc) is 3.11. The topological polar surface area (TPSA) is 63.0 Å². The third-order valence-electron chi connectivity index (χ3n) is 5.64. The number of nitrogens with zero attached hydrogens (tertiary/aromatic N) is 2. The molecule has 2 aliphatic rings. The van der Waals surface area contributed by atoms with Crippen molar-refractivity contribution in [2.24, 2.45) is 5.41 Å². The van der Waals surface area contributed by atoms with E-state index in [1.807, 2.05) is 9.80 Å². The lowest BCUT2D eigenvalue weighted by molar-refractivity contribution is -0.139. The fraction of sp³-hybridized carbons (Fsp3) is 0.700. The Hall–Kier alpha value is -1.82. The van der Waals surface area contributed by atoms with Gasteiger partial charge in [0, 0.05) is 45.1 Å².